The van der Waals surface area contributed by atoms with Crippen molar-refractivity contribution < 1.29 is 14.3 Å². The van der Waals surface area contributed by atoms with Crippen molar-refractivity contribution in [1.82, 2.24) is 15.2 Å². The number of nitrogens with zero attached hydrogens (tertiary/aromatic N) is 2. The largest absolute Gasteiger partial charge is 0.496 e. The molecular formula is C17H23N5O3S. The molecule has 26 heavy (non-hydrogen) atoms. The van der Waals surface area contributed by atoms with E-state index < -0.39 is 0 Å². The first-order valence-electron chi connectivity index (χ1n) is 7.85. The summed E-state index contributed by atoms with van der Waals surface area (Å²) in [6, 6.07) is 5.51. The molecule has 0 aliphatic heterocycles. The number of carbonyl (C=O) groups is 1. The van der Waals surface area contributed by atoms with Crippen LogP contribution in [0.1, 0.15) is 20.9 Å². The monoisotopic (exact) mass is 377 g/mol. The zero-order valence-corrected chi connectivity index (χ0v) is 16.3. The molecule has 9 heteroatoms. The van der Waals surface area contributed by atoms with Crippen molar-refractivity contribution in [3.8, 4) is 11.5 Å². The van der Waals surface area contributed by atoms with Gasteiger partial charge in [0, 0.05) is 14.1 Å². The number of hydrogen-bond acceptors (Lipinski definition) is 6. The number of nitrogens with one attached hydrogen (secondary N) is 3. The summed E-state index contributed by atoms with van der Waals surface area (Å²) >= 11 is 1.22. The van der Waals surface area contributed by atoms with Crippen LogP contribution >= 0.6 is 11.3 Å². The Hall–Kier alpha value is -2.81. The standard InChI is InChI=1S/C17H23N5O3S/c1-10-14(15(23)22(2)3)26-17(20-10)21-16(18)19-9-11-12(24-4)7-6-8-13(11)25-5/h6-8H,9H2,1-5H3,(H3,18,19,20,21). The minimum absolute atomic E-state index is 0.0653. The number of aryl methyl sites for hydroxylation is 1. The molecule has 1 amide bonds. The van der Waals surface area contributed by atoms with Crippen LogP contribution in [0.3, 0.4) is 0 Å². The van der Waals surface area contributed by atoms with Crippen LogP contribution in [0.15, 0.2) is 18.2 Å². The first-order chi connectivity index (χ1) is 12.4. The predicted molar refractivity (Wildman–Crippen MR) is 103 cm³/mol. The minimum Gasteiger partial charge on any atom is -0.496 e. The number of hydrogen-bond donors (Lipinski definition) is 3. The number of guanidine groups is 1. The molecule has 0 atom stereocenters. The van der Waals surface area contributed by atoms with Crippen LogP contribution in [0.25, 0.3) is 0 Å². The highest BCUT2D eigenvalue weighted by Crippen LogP contribution is 2.28. The molecule has 0 spiro atoms. The maximum Gasteiger partial charge on any atom is 0.265 e. The second kappa shape index (κ2) is 8.52. The fourth-order valence-corrected chi connectivity index (χ4v) is 3.27. The number of methoxy groups -OCH3 is 2. The van der Waals surface area contributed by atoms with Crippen molar-refractivity contribution in [2.24, 2.45) is 0 Å². The average molecular weight is 377 g/mol. The average Bonchev–Trinajstić information content (AvgIpc) is 2.98. The van der Waals surface area contributed by atoms with E-state index in [0.29, 0.717) is 33.7 Å². The van der Waals surface area contributed by atoms with Gasteiger partial charge in [0.25, 0.3) is 5.91 Å². The van der Waals surface area contributed by atoms with Crippen molar-refractivity contribution in [1.29, 1.82) is 5.41 Å². The van der Waals surface area contributed by atoms with Gasteiger partial charge in [-0.25, -0.2) is 4.98 Å². The Labute approximate surface area is 156 Å². The van der Waals surface area contributed by atoms with E-state index in [0.717, 1.165) is 5.56 Å². The fourth-order valence-electron chi connectivity index (χ4n) is 2.28. The van der Waals surface area contributed by atoms with E-state index in [2.05, 4.69) is 15.6 Å². The summed E-state index contributed by atoms with van der Waals surface area (Å²) in [4.78, 5) is 18.4. The first-order valence-corrected chi connectivity index (χ1v) is 8.67. The fraction of sp³-hybridized carbons (Fsp3) is 0.353. The van der Waals surface area contributed by atoms with Crippen molar-refractivity contribution in [3.05, 3.63) is 34.3 Å². The molecule has 0 bridgehead atoms. The molecule has 2 aromatic rings. The lowest BCUT2D eigenvalue weighted by molar-refractivity contribution is 0.0831. The molecule has 0 aliphatic carbocycles. The van der Waals surface area contributed by atoms with Gasteiger partial charge in [-0.2, -0.15) is 0 Å². The van der Waals surface area contributed by atoms with E-state index in [9.17, 15) is 4.79 Å². The molecule has 0 radical (unpaired) electrons. The third-order valence-corrected chi connectivity index (χ3v) is 4.66. The zero-order valence-electron chi connectivity index (χ0n) is 15.5. The highest BCUT2D eigenvalue weighted by molar-refractivity contribution is 7.17. The van der Waals surface area contributed by atoms with Crippen LogP contribution in [0.5, 0.6) is 11.5 Å². The number of ether oxygens (including phenoxy) is 2. The molecule has 1 aromatic carbocycles. The Bertz CT molecular complexity index is 781. The zero-order chi connectivity index (χ0) is 19.3. The van der Waals surface area contributed by atoms with E-state index in [4.69, 9.17) is 14.9 Å². The van der Waals surface area contributed by atoms with Gasteiger partial charge in [-0.3, -0.25) is 10.2 Å². The Morgan fingerprint density at radius 3 is 2.42 bits per heavy atom. The Morgan fingerprint density at radius 2 is 1.88 bits per heavy atom. The highest BCUT2D eigenvalue weighted by atomic mass is 32.1. The number of carbonyl (C=O) groups excluding carboxylic acids is 1. The van der Waals surface area contributed by atoms with E-state index in [-0.39, 0.29) is 11.9 Å². The minimum atomic E-state index is -0.105. The lowest BCUT2D eigenvalue weighted by Crippen LogP contribution is -2.29. The van der Waals surface area contributed by atoms with Crippen molar-refractivity contribution in [3.63, 3.8) is 0 Å². The molecular weight excluding hydrogens is 354 g/mol. The molecule has 2 rings (SSSR count). The number of thiazole rings is 1. The van der Waals surface area contributed by atoms with Gasteiger partial charge in [-0.05, 0) is 19.1 Å². The number of amides is 1. The predicted octanol–water partition coefficient (Wildman–Crippen LogP) is 2.31. The van der Waals surface area contributed by atoms with E-state index in [1.54, 1.807) is 35.2 Å². The molecule has 0 aliphatic rings. The Kier molecular flexibility index (Phi) is 6.40. The molecule has 3 N–H and O–H groups in total. The van der Waals surface area contributed by atoms with Gasteiger partial charge < -0.3 is 25.0 Å². The van der Waals surface area contributed by atoms with Crippen molar-refractivity contribution >= 4 is 28.3 Å². The van der Waals surface area contributed by atoms with Crippen molar-refractivity contribution in [2.75, 3.05) is 33.6 Å². The quantitative estimate of drug-likeness (QED) is 0.528. The van der Waals surface area contributed by atoms with Crippen LogP contribution in [-0.2, 0) is 6.54 Å². The summed E-state index contributed by atoms with van der Waals surface area (Å²) in [5, 5.41) is 14.4. The van der Waals surface area contributed by atoms with Gasteiger partial charge in [-0.1, -0.05) is 17.4 Å². The van der Waals surface area contributed by atoms with Crippen LogP contribution < -0.4 is 20.1 Å². The van der Waals surface area contributed by atoms with Crippen LogP contribution in [-0.4, -0.2) is 50.1 Å². The summed E-state index contributed by atoms with van der Waals surface area (Å²) in [5.74, 6) is 1.31. The van der Waals surface area contributed by atoms with Crippen LogP contribution in [0.4, 0.5) is 5.13 Å². The van der Waals surface area contributed by atoms with Gasteiger partial charge in [0.1, 0.15) is 16.4 Å². The number of anilines is 1. The maximum atomic E-state index is 12.1. The third kappa shape index (κ3) is 4.42. The summed E-state index contributed by atoms with van der Waals surface area (Å²) in [6.07, 6.45) is 0. The SMILES string of the molecule is COc1cccc(OC)c1CNC(=N)Nc1nc(C)c(C(=O)N(C)C)s1. The number of rotatable bonds is 6. The Morgan fingerprint density at radius 1 is 1.27 bits per heavy atom. The molecule has 0 fully saturated rings. The summed E-state index contributed by atoms with van der Waals surface area (Å²) in [5.41, 5.74) is 1.44. The number of aromatic nitrogens is 1. The smallest absolute Gasteiger partial charge is 0.265 e. The summed E-state index contributed by atoms with van der Waals surface area (Å²) in [7, 11) is 6.56. The molecule has 1 aromatic heterocycles. The van der Waals surface area contributed by atoms with Gasteiger partial charge in [-0.15, -0.1) is 0 Å². The lowest BCUT2D eigenvalue weighted by atomic mass is 10.1. The third-order valence-electron chi connectivity index (χ3n) is 3.60. The highest BCUT2D eigenvalue weighted by Gasteiger charge is 2.17. The normalized spacial score (nSPS) is 10.2. The van der Waals surface area contributed by atoms with Gasteiger partial charge >= 0.3 is 0 Å². The second-order valence-corrected chi connectivity index (χ2v) is 6.63. The molecule has 0 unspecified atom stereocenters. The van der Waals surface area contributed by atoms with Crippen molar-refractivity contribution in [2.45, 2.75) is 13.5 Å². The van der Waals surface area contributed by atoms with Crippen LogP contribution in [0, 0.1) is 12.3 Å². The molecule has 0 saturated heterocycles. The lowest BCUT2D eigenvalue weighted by Gasteiger charge is -2.14. The van der Waals surface area contributed by atoms with Gasteiger partial charge in [0.05, 0.1) is 32.0 Å². The topological polar surface area (TPSA) is 99.6 Å². The molecule has 140 valence electrons. The van der Waals surface area contributed by atoms with E-state index >= 15 is 0 Å². The maximum absolute atomic E-state index is 12.1. The summed E-state index contributed by atoms with van der Waals surface area (Å²) < 4.78 is 10.7. The van der Waals surface area contributed by atoms with E-state index in [1.807, 2.05) is 18.2 Å². The van der Waals surface area contributed by atoms with E-state index in [1.165, 1.54) is 16.2 Å². The molecule has 8 nitrogen and oxygen atoms in total. The summed E-state index contributed by atoms with van der Waals surface area (Å²) in [6.45, 7) is 2.11. The second-order valence-electron chi connectivity index (χ2n) is 5.63. The van der Waals surface area contributed by atoms with Gasteiger partial charge in [0.15, 0.2) is 11.1 Å². The Balaban J connectivity index is 2.05. The first kappa shape index (κ1) is 19.5. The molecule has 1 heterocycles. The molecule has 0 saturated carbocycles. The van der Waals surface area contributed by atoms with Gasteiger partial charge in [0.2, 0.25) is 0 Å². The number of benzene rings is 1. The van der Waals surface area contributed by atoms with Crippen LogP contribution in [0.2, 0.25) is 0 Å².